The summed E-state index contributed by atoms with van der Waals surface area (Å²) in [5.74, 6) is 0.533. The first-order valence-electron chi connectivity index (χ1n) is 3.49. The molecule has 0 aliphatic rings. The van der Waals surface area contributed by atoms with Crippen molar-refractivity contribution in [1.29, 1.82) is 0 Å². The highest BCUT2D eigenvalue weighted by molar-refractivity contribution is 7.85. The zero-order chi connectivity index (χ0) is 8.91. The van der Waals surface area contributed by atoms with Gasteiger partial charge in [-0.05, 0) is 27.2 Å². The van der Waals surface area contributed by atoms with Gasteiger partial charge in [0.25, 0.3) is 0 Å². The van der Waals surface area contributed by atoms with E-state index >= 15 is 0 Å². The van der Waals surface area contributed by atoms with Crippen LogP contribution in [0.3, 0.4) is 0 Å². The van der Waals surface area contributed by atoms with Crippen molar-refractivity contribution >= 4 is 28.8 Å². The average molecular weight is 196 g/mol. The fourth-order valence-electron chi connectivity index (χ4n) is 0.327. The maximum absolute atomic E-state index is 11.2. The summed E-state index contributed by atoms with van der Waals surface area (Å²) in [6.07, 6.45) is 2.30. The van der Waals surface area contributed by atoms with E-state index < -0.39 is 11.0 Å². The molecule has 0 saturated heterocycles. The number of rotatable bonds is 3. The minimum absolute atomic E-state index is 0.261. The topological polar surface area (TPSA) is 29.4 Å². The summed E-state index contributed by atoms with van der Waals surface area (Å²) in [5, 5.41) is 0. The number of alkyl halides is 1. The molecule has 0 aromatic rings. The first kappa shape index (κ1) is 11.1. The Morgan fingerprint density at radius 3 is 2.45 bits per heavy atom. The van der Waals surface area contributed by atoms with Gasteiger partial charge < -0.3 is 0 Å². The van der Waals surface area contributed by atoms with Crippen LogP contribution >= 0.6 is 11.6 Å². The minimum atomic E-state index is -1.13. The van der Waals surface area contributed by atoms with E-state index in [0.717, 1.165) is 0 Å². The summed E-state index contributed by atoms with van der Waals surface area (Å²) in [7, 11) is -1.13. The Morgan fingerprint density at radius 2 is 2.09 bits per heavy atom. The maximum atomic E-state index is 11.2. The normalized spacial score (nSPS) is 15.6. The molecule has 0 bridgehead atoms. The van der Waals surface area contributed by atoms with Crippen molar-refractivity contribution in [1.82, 2.24) is 0 Å². The van der Waals surface area contributed by atoms with Crippen LogP contribution in [-0.4, -0.2) is 21.1 Å². The van der Waals surface area contributed by atoms with E-state index in [4.69, 9.17) is 11.6 Å². The Bertz CT molecular complexity index is 162. The lowest BCUT2D eigenvalue weighted by Gasteiger charge is -2.12. The van der Waals surface area contributed by atoms with E-state index in [1.807, 2.05) is 20.8 Å². The first-order valence-corrected chi connectivity index (χ1v) is 5.13. The predicted molar refractivity (Wildman–Crippen MR) is 51.7 cm³/mol. The van der Waals surface area contributed by atoms with Crippen LogP contribution in [0.2, 0.25) is 0 Å². The molecule has 0 saturated carbocycles. The Kier molecular flexibility index (Phi) is 4.93. The zero-order valence-electron chi connectivity index (χ0n) is 7.13. The van der Waals surface area contributed by atoms with Gasteiger partial charge >= 0.3 is 0 Å². The van der Waals surface area contributed by atoms with E-state index in [1.165, 1.54) is 0 Å². The number of hydrogen-bond acceptors (Lipinski definition) is 1. The van der Waals surface area contributed by atoms with Crippen molar-refractivity contribution < 1.29 is 4.21 Å². The van der Waals surface area contributed by atoms with Crippen molar-refractivity contribution in [2.45, 2.75) is 31.9 Å². The van der Waals surface area contributed by atoms with Crippen LogP contribution in [-0.2, 0) is 11.0 Å². The molecule has 0 unspecified atom stereocenters. The fraction of sp³-hybridized carbons (Fsp3) is 0.857. The lowest BCUT2D eigenvalue weighted by atomic mass is 10.3. The highest BCUT2D eigenvalue weighted by Crippen LogP contribution is 2.11. The van der Waals surface area contributed by atoms with Gasteiger partial charge in [-0.2, -0.15) is 4.40 Å². The van der Waals surface area contributed by atoms with Gasteiger partial charge in [0, 0.05) is 12.1 Å². The number of nitrogens with zero attached hydrogens (tertiary/aromatic N) is 1. The Morgan fingerprint density at radius 1 is 1.55 bits per heavy atom. The molecule has 0 aromatic carbocycles. The second-order valence-corrected chi connectivity index (χ2v) is 5.44. The molecule has 0 aliphatic heterocycles. The van der Waals surface area contributed by atoms with Crippen molar-refractivity contribution in [2.75, 3.05) is 5.88 Å². The van der Waals surface area contributed by atoms with Gasteiger partial charge in [-0.3, -0.25) is 0 Å². The average Bonchev–Trinajstić information content (AvgIpc) is 1.86. The molecule has 4 heteroatoms. The van der Waals surface area contributed by atoms with Crippen LogP contribution < -0.4 is 0 Å². The van der Waals surface area contributed by atoms with E-state index in [9.17, 15) is 4.21 Å². The third-order valence-corrected chi connectivity index (χ3v) is 2.54. The van der Waals surface area contributed by atoms with Crippen molar-refractivity contribution in [3.8, 4) is 0 Å². The Balaban J connectivity index is 3.88. The molecule has 0 N–H and O–H groups in total. The summed E-state index contributed by atoms with van der Waals surface area (Å²) in [6, 6.07) is 0. The van der Waals surface area contributed by atoms with Gasteiger partial charge in [0.1, 0.15) is 11.0 Å². The van der Waals surface area contributed by atoms with Crippen molar-refractivity contribution in [2.24, 2.45) is 4.40 Å². The summed E-state index contributed by atoms with van der Waals surface area (Å²) >= 11 is 5.41. The van der Waals surface area contributed by atoms with Crippen LogP contribution in [0.15, 0.2) is 4.40 Å². The molecule has 0 radical (unpaired) electrons. The molecule has 0 aliphatic carbocycles. The highest BCUT2D eigenvalue weighted by atomic mass is 35.5. The van der Waals surface area contributed by atoms with Gasteiger partial charge in [-0.25, -0.2) is 4.21 Å². The molecular formula is C7H14ClNOS. The summed E-state index contributed by atoms with van der Waals surface area (Å²) in [4.78, 5) is 0. The standard InChI is InChI=1S/C7H14ClNOS/c1-7(2,3)11(10)9-6-4-5-8/h6H,4-5H2,1-3H3/t11-/m0/s1. The minimum Gasteiger partial charge on any atom is -0.234 e. The fourth-order valence-corrected chi connectivity index (χ4v) is 0.982. The zero-order valence-corrected chi connectivity index (χ0v) is 8.71. The SMILES string of the molecule is CC(C)(C)[S@](=O)N=CCCCl. The van der Waals surface area contributed by atoms with Gasteiger partial charge in [0.15, 0.2) is 0 Å². The molecule has 0 heterocycles. The van der Waals surface area contributed by atoms with Crippen LogP contribution in [0, 0.1) is 0 Å². The summed E-state index contributed by atoms with van der Waals surface area (Å²) in [6.45, 7) is 5.67. The molecule has 0 rings (SSSR count). The third-order valence-electron chi connectivity index (χ3n) is 0.932. The highest BCUT2D eigenvalue weighted by Gasteiger charge is 2.17. The molecule has 0 spiro atoms. The largest absolute Gasteiger partial charge is 0.234 e. The van der Waals surface area contributed by atoms with E-state index in [0.29, 0.717) is 12.3 Å². The Labute approximate surface area is 75.6 Å². The lowest BCUT2D eigenvalue weighted by Crippen LogP contribution is -2.19. The van der Waals surface area contributed by atoms with Gasteiger partial charge in [0.05, 0.1) is 4.75 Å². The predicted octanol–water partition coefficient (Wildman–Crippen LogP) is 2.15. The Hall–Kier alpha value is 0.110. The van der Waals surface area contributed by atoms with E-state index in [2.05, 4.69) is 4.40 Å². The van der Waals surface area contributed by atoms with Crippen LogP contribution in [0.4, 0.5) is 0 Å². The second-order valence-electron chi connectivity index (χ2n) is 3.13. The third kappa shape index (κ3) is 5.39. The summed E-state index contributed by atoms with van der Waals surface area (Å²) < 4.78 is 14.8. The van der Waals surface area contributed by atoms with E-state index in [-0.39, 0.29) is 4.75 Å². The molecule has 66 valence electrons. The second kappa shape index (κ2) is 4.88. The van der Waals surface area contributed by atoms with Crippen molar-refractivity contribution in [3.05, 3.63) is 0 Å². The van der Waals surface area contributed by atoms with Crippen molar-refractivity contribution in [3.63, 3.8) is 0 Å². The molecule has 2 nitrogen and oxygen atoms in total. The number of hydrogen-bond donors (Lipinski definition) is 0. The van der Waals surface area contributed by atoms with Gasteiger partial charge in [-0.1, -0.05) is 0 Å². The smallest absolute Gasteiger partial charge is 0.144 e. The van der Waals surface area contributed by atoms with Crippen LogP contribution in [0.1, 0.15) is 27.2 Å². The monoisotopic (exact) mass is 195 g/mol. The van der Waals surface area contributed by atoms with Crippen LogP contribution in [0.5, 0.6) is 0 Å². The number of halogens is 1. The van der Waals surface area contributed by atoms with E-state index in [1.54, 1.807) is 6.21 Å². The molecule has 0 aromatic heterocycles. The lowest BCUT2D eigenvalue weighted by molar-refractivity contribution is 0.651. The maximum Gasteiger partial charge on any atom is 0.144 e. The summed E-state index contributed by atoms with van der Waals surface area (Å²) in [5.41, 5.74) is 0. The molecule has 1 atom stereocenters. The quantitative estimate of drug-likeness (QED) is 0.501. The molecule has 0 amide bonds. The molecule has 0 fully saturated rings. The first-order chi connectivity index (χ1) is 4.98. The van der Waals surface area contributed by atoms with Crippen LogP contribution in [0.25, 0.3) is 0 Å². The molecular weight excluding hydrogens is 182 g/mol. The van der Waals surface area contributed by atoms with Gasteiger partial charge in [-0.15, -0.1) is 11.6 Å². The van der Waals surface area contributed by atoms with Gasteiger partial charge in [0.2, 0.25) is 0 Å². The molecule has 11 heavy (non-hydrogen) atoms.